The number of nitrogens with zero attached hydrogens (tertiary/aromatic N) is 1. The fourth-order valence-electron chi connectivity index (χ4n) is 4.23. The molecule has 0 radical (unpaired) electrons. The standard InChI is InChI=1S/C22H17FN2O5/c1-11-8-16(23)15(10-24)18-14-6-7-30-22(9-17(26)27,20(14)25-19(11)18)13-4-2-12(3-5-13)21(28)29/h2-5,8,25H,6-7,9H2,1H3,(H,26,27)(H,28,29). The molecule has 0 spiro atoms. The van der Waals surface area contributed by atoms with Crippen LogP contribution < -0.4 is 0 Å². The van der Waals surface area contributed by atoms with Gasteiger partial charge in [0, 0.05) is 5.39 Å². The minimum atomic E-state index is -1.43. The SMILES string of the molecule is Cc1cc(F)c(C#N)c2c3c([nH]c12)C(CC(=O)O)(c1ccc(C(=O)O)cc1)OCC3. The van der Waals surface area contributed by atoms with Crippen LogP contribution in [0.2, 0.25) is 0 Å². The summed E-state index contributed by atoms with van der Waals surface area (Å²) in [5.41, 5.74) is 1.21. The third-order valence-corrected chi connectivity index (χ3v) is 5.54. The molecule has 3 aromatic rings. The van der Waals surface area contributed by atoms with E-state index in [4.69, 9.17) is 9.84 Å². The van der Waals surface area contributed by atoms with Crippen molar-refractivity contribution in [1.29, 1.82) is 5.26 Å². The highest BCUT2D eigenvalue weighted by atomic mass is 19.1. The van der Waals surface area contributed by atoms with E-state index >= 15 is 0 Å². The first kappa shape index (κ1) is 19.6. The summed E-state index contributed by atoms with van der Waals surface area (Å²) in [5, 5.41) is 28.8. The van der Waals surface area contributed by atoms with Gasteiger partial charge in [-0.3, -0.25) is 4.79 Å². The van der Waals surface area contributed by atoms with Crippen molar-refractivity contribution < 1.29 is 28.9 Å². The maximum Gasteiger partial charge on any atom is 0.335 e. The van der Waals surface area contributed by atoms with Crippen LogP contribution in [0.1, 0.15) is 44.7 Å². The molecule has 0 bridgehead atoms. The smallest absolute Gasteiger partial charge is 0.335 e. The first-order valence-electron chi connectivity index (χ1n) is 9.22. The zero-order valence-electron chi connectivity index (χ0n) is 16.0. The molecule has 8 heteroatoms. The molecule has 1 unspecified atom stereocenters. The number of aromatic amines is 1. The predicted molar refractivity (Wildman–Crippen MR) is 104 cm³/mol. The van der Waals surface area contributed by atoms with Gasteiger partial charge in [0.1, 0.15) is 17.5 Å². The average Bonchev–Trinajstić information content (AvgIpc) is 3.09. The number of aliphatic carboxylic acids is 1. The number of carbonyl (C=O) groups is 2. The lowest BCUT2D eigenvalue weighted by atomic mass is 9.81. The Labute approximate surface area is 170 Å². The second-order valence-electron chi connectivity index (χ2n) is 7.27. The Balaban J connectivity index is 2.04. The molecule has 1 atom stereocenters. The van der Waals surface area contributed by atoms with Crippen LogP contribution in [0.25, 0.3) is 10.9 Å². The van der Waals surface area contributed by atoms with Crippen molar-refractivity contribution >= 4 is 22.8 Å². The van der Waals surface area contributed by atoms with E-state index in [1.165, 1.54) is 30.3 Å². The Bertz CT molecular complexity index is 1240. The predicted octanol–water partition coefficient (Wildman–Crippen LogP) is 3.48. The largest absolute Gasteiger partial charge is 0.481 e. The minimum Gasteiger partial charge on any atom is -0.481 e. The van der Waals surface area contributed by atoms with Crippen LogP contribution >= 0.6 is 0 Å². The van der Waals surface area contributed by atoms with Crippen LogP contribution in [-0.2, 0) is 21.6 Å². The van der Waals surface area contributed by atoms with Gasteiger partial charge in [0.05, 0.1) is 35.4 Å². The molecule has 2 aromatic carbocycles. The van der Waals surface area contributed by atoms with Crippen molar-refractivity contribution in [1.82, 2.24) is 4.98 Å². The Hall–Kier alpha value is -3.70. The molecule has 0 saturated heterocycles. The van der Waals surface area contributed by atoms with Crippen molar-refractivity contribution in [2.45, 2.75) is 25.4 Å². The van der Waals surface area contributed by atoms with Crippen molar-refractivity contribution in [2.24, 2.45) is 0 Å². The van der Waals surface area contributed by atoms with Gasteiger partial charge in [0.15, 0.2) is 0 Å². The molecule has 1 aromatic heterocycles. The quantitative estimate of drug-likeness (QED) is 0.607. The Morgan fingerprint density at radius 3 is 2.60 bits per heavy atom. The maximum absolute atomic E-state index is 14.5. The number of hydrogen-bond acceptors (Lipinski definition) is 4. The Morgan fingerprint density at radius 1 is 1.30 bits per heavy atom. The van der Waals surface area contributed by atoms with Crippen LogP contribution in [0.15, 0.2) is 30.3 Å². The molecule has 0 saturated carbocycles. The van der Waals surface area contributed by atoms with Crippen LogP contribution in [0.3, 0.4) is 0 Å². The van der Waals surface area contributed by atoms with E-state index in [-0.39, 0.29) is 17.7 Å². The fraction of sp³-hybridized carbons (Fsp3) is 0.227. The summed E-state index contributed by atoms with van der Waals surface area (Å²) in [6, 6.07) is 8.98. The number of nitriles is 1. The van der Waals surface area contributed by atoms with Gasteiger partial charge in [-0.2, -0.15) is 5.26 Å². The van der Waals surface area contributed by atoms with Gasteiger partial charge in [-0.15, -0.1) is 0 Å². The summed E-state index contributed by atoms with van der Waals surface area (Å²) < 4.78 is 20.5. The van der Waals surface area contributed by atoms with E-state index in [1.807, 2.05) is 6.07 Å². The first-order chi connectivity index (χ1) is 14.3. The molecular formula is C22H17FN2O5. The highest BCUT2D eigenvalue weighted by Crippen LogP contribution is 2.45. The summed E-state index contributed by atoms with van der Waals surface area (Å²) in [5.74, 6) is -2.85. The number of fused-ring (bicyclic) bond motifs is 3. The monoisotopic (exact) mass is 408 g/mol. The van der Waals surface area contributed by atoms with Crippen LogP contribution in [0.5, 0.6) is 0 Å². The van der Waals surface area contributed by atoms with E-state index in [0.29, 0.717) is 39.7 Å². The second kappa shape index (κ2) is 6.97. The lowest BCUT2D eigenvalue weighted by Gasteiger charge is -2.37. The number of aryl methyl sites for hydroxylation is 1. The highest BCUT2D eigenvalue weighted by Gasteiger charge is 2.44. The molecule has 2 heterocycles. The van der Waals surface area contributed by atoms with E-state index < -0.39 is 29.8 Å². The number of nitrogens with one attached hydrogen (secondary N) is 1. The number of halogens is 1. The van der Waals surface area contributed by atoms with E-state index in [1.54, 1.807) is 6.92 Å². The number of ether oxygens (including phenoxy) is 1. The molecule has 1 aliphatic heterocycles. The van der Waals surface area contributed by atoms with Gasteiger partial charge in [-0.05, 0) is 48.2 Å². The topological polar surface area (TPSA) is 123 Å². The lowest BCUT2D eigenvalue weighted by Crippen LogP contribution is -2.39. The van der Waals surface area contributed by atoms with E-state index in [9.17, 15) is 24.3 Å². The number of H-pyrrole nitrogens is 1. The zero-order valence-corrected chi connectivity index (χ0v) is 16.0. The first-order valence-corrected chi connectivity index (χ1v) is 9.22. The van der Waals surface area contributed by atoms with E-state index in [2.05, 4.69) is 4.98 Å². The molecular weight excluding hydrogens is 391 g/mol. The summed E-state index contributed by atoms with van der Waals surface area (Å²) in [6.07, 6.45) is -0.0514. The molecule has 30 heavy (non-hydrogen) atoms. The molecule has 0 aliphatic carbocycles. The summed E-state index contributed by atoms with van der Waals surface area (Å²) in [6.45, 7) is 1.87. The maximum atomic E-state index is 14.5. The number of carboxylic acids is 2. The van der Waals surface area contributed by atoms with Gasteiger partial charge >= 0.3 is 11.9 Å². The number of benzene rings is 2. The zero-order chi connectivity index (χ0) is 21.6. The van der Waals surface area contributed by atoms with Gasteiger partial charge < -0.3 is 19.9 Å². The summed E-state index contributed by atoms with van der Waals surface area (Å²) in [7, 11) is 0. The Morgan fingerprint density at radius 2 is 2.00 bits per heavy atom. The third-order valence-electron chi connectivity index (χ3n) is 5.54. The molecule has 152 valence electrons. The number of hydrogen-bond donors (Lipinski definition) is 3. The number of aromatic nitrogens is 1. The van der Waals surface area contributed by atoms with Gasteiger partial charge in [-0.1, -0.05) is 12.1 Å². The van der Waals surface area contributed by atoms with E-state index in [0.717, 1.165) is 0 Å². The normalized spacial score (nSPS) is 18.0. The van der Waals surface area contributed by atoms with Crippen molar-refractivity contribution in [2.75, 3.05) is 6.61 Å². The average molecular weight is 408 g/mol. The molecule has 7 nitrogen and oxygen atoms in total. The number of rotatable bonds is 4. The molecule has 0 amide bonds. The Kier molecular flexibility index (Phi) is 4.56. The number of carboxylic acid groups (broad SMARTS) is 2. The van der Waals surface area contributed by atoms with Crippen molar-refractivity contribution in [3.8, 4) is 6.07 Å². The lowest BCUT2D eigenvalue weighted by molar-refractivity contribution is -0.144. The molecule has 3 N–H and O–H groups in total. The molecule has 0 fully saturated rings. The van der Waals surface area contributed by atoms with Crippen molar-refractivity contribution in [3.05, 3.63) is 69.7 Å². The third kappa shape index (κ3) is 2.83. The van der Waals surface area contributed by atoms with Crippen LogP contribution in [0, 0.1) is 24.1 Å². The minimum absolute atomic E-state index is 0.0570. The molecule has 1 aliphatic rings. The van der Waals surface area contributed by atoms with Crippen molar-refractivity contribution in [3.63, 3.8) is 0 Å². The summed E-state index contributed by atoms with van der Waals surface area (Å²) in [4.78, 5) is 26.2. The van der Waals surface area contributed by atoms with Crippen LogP contribution in [-0.4, -0.2) is 33.7 Å². The molecule has 4 rings (SSSR count). The van der Waals surface area contributed by atoms with Gasteiger partial charge in [0.25, 0.3) is 0 Å². The van der Waals surface area contributed by atoms with Crippen LogP contribution in [0.4, 0.5) is 4.39 Å². The second-order valence-corrected chi connectivity index (χ2v) is 7.27. The summed E-state index contributed by atoms with van der Waals surface area (Å²) >= 11 is 0. The fourth-order valence-corrected chi connectivity index (χ4v) is 4.23. The van der Waals surface area contributed by atoms with Gasteiger partial charge in [0.2, 0.25) is 0 Å². The van der Waals surface area contributed by atoms with Gasteiger partial charge in [-0.25, -0.2) is 9.18 Å². The number of aromatic carboxylic acids is 1. The highest BCUT2D eigenvalue weighted by molar-refractivity contribution is 5.93.